The summed E-state index contributed by atoms with van der Waals surface area (Å²) in [7, 11) is 1.59. The van der Waals surface area contributed by atoms with E-state index in [0.717, 1.165) is 12.8 Å². The number of anilines is 1. The Hall–Kier alpha value is -2.24. The number of hydrogen-bond acceptors (Lipinski definition) is 3. The summed E-state index contributed by atoms with van der Waals surface area (Å²) in [6.45, 7) is 2.80. The average molecular weight is 291 g/mol. The Morgan fingerprint density at radius 2 is 2.00 bits per heavy atom. The van der Waals surface area contributed by atoms with E-state index in [1.165, 1.54) is 6.92 Å². The minimum Gasteiger partial charge on any atom is -0.497 e. The minimum atomic E-state index is -0.121. The number of urea groups is 1. The van der Waals surface area contributed by atoms with Crippen molar-refractivity contribution in [2.75, 3.05) is 25.5 Å². The standard InChI is InChI=1S/C15H21N3O3/c1-11(19)16-12-6-8-18(9-7-12)15(20)17-13-4-3-5-14(10-13)21-2/h3-5,10,12H,6-9H2,1-2H3,(H,16,19)(H,17,20). The molecule has 114 valence electrons. The van der Waals surface area contributed by atoms with E-state index in [1.54, 1.807) is 18.1 Å². The lowest BCUT2D eigenvalue weighted by Gasteiger charge is -2.32. The van der Waals surface area contributed by atoms with Crippen molar-refractivity contribution in [1.82, 2.24) is 10.2 Å². The van der Waals surface area contributed by atoms with Gasteiger partial charge in [0.25, 0.3) is 0 Å². The van der Waals surface area contributed by atoms with Crippen LogP contribution in [-0.2, 0) is 4.79 Å². The molecule has 21 heavy (non-hydrogen) atoms. The van der Waals surface area contributed by atoms with E-state index in [1.807, 2.05) is 18.2 Å². The number of carbonyl (C=O) groups is 2. The molecule has 1 heterocycles. The number of benzene rings is 1. The van der Waals surface area contributed by atoms with Crippen LogP contribution in [0.4, 0.5) is 10.5 Å². The second-order valence-electron chi connectivity index (χ2n) is 5.12. The van der Waals surface area contributed by atoms with E-state index in [9.17, 15) is 9.59 Å². The molecule has 0 saturated carbocycles. The lowest BCUT2D eigenvalue weighted by molar-refractivity contribution is -0.119. The van der Waals surface area contributed by atoms with Crippen molar-refractivity contribution in [2.45, 2.75) is 25.8 Å². The third-order valence-electron chi connectivity index (χ3n) is 3.51. The Morgan fingerprint density at radius 3 is 2.62 bits per heavy atom. The number of nitrogens with one attached hydrogen (secondary N) is 2. The van der Waals surface area contributed by atoms with Crippen molar-refractivity contribution in [3.8, 4) is 5.75 Å². The molecule has 0 spiro atoms. The van der Waals surface area contributed by atoms with Crippen molar-refractivity contribution in [3.05, 3.63) is 24.3 Å². The smallest absolute Gasteiger partial charge is 0.321 e. The summed E-state index contributed by atoms with van der Waals surface area (Å²) >= 11 is 0. The molecule has 1 fully saturated rings. The molecule has 1 aliphatic heterocycles. The van der Waals surface area contributed by atoms with Crippen molar-refractivity contribution >= 4 is 17.6 Å². The Bertz CT molecular complexity index is 511. The SMILES string of the molecule is COc1cccc(NC(=O)N2CCC(NC(C)=O)CC2)c1. The summed E-state index contributed by atoms with van der Waals surface area (Å²) < 4.78 is 5.13. The summed E-state index contributed by atoms with van der Waals surface area (Å²) in [5.74, 6) is 0.687. The van der Waals surface area contributed by atoms with Gasteiger partial charge in [-0.3, -0.25) is 4.79 Å². The number of rotatable bonds is 3. The second kappa shape index (κ2) is 6.97. The Morgan fingerprint density at radius 1 is 1.29 bits per heavy atom. The molecule has 6 heteroatoms. The van der Waals surface area contributed by atoms with E-state index in [-0.39, 0.29) is 18.0 Å². The van der Waals surface area contributed by atoms with Crippen molar-refractivity contribution in [3.63, 3.8) is 0 Å². The number of carbonyl (C=O) groups excluding carboxylic acids is 2. The molecule has 0 unspecified atom stereocenters. The lowest BCUT2D eigenvalue weighted by atomic mass is 10.1. The number of amides is 3. The number of piperidine rings is 1. The first-order valence-electron chi connectivity index (χ1n) is 7.05. The topological polar surface area (TPSA) is 70.7 Å². The van der Waals surface area contributed by atoms with Crippen LogP contribution in [0.1, 0.15) is 19.8 Å². The van der Waals surface area contributed by atoms with Crippen LogP contribution in [0.2, 0.25) is 0 Å². The highest BCUT2D eigenvalue weighted by Gasteiger charge is 2.23. The predicted octanol–water partition coefficient (Wildman–Crippen LogP) is 1.83. The Balaban J connectivity index is 1.85. The molecule has 0 radical (unpaired) electrons. The van der Waals surface area contributed by atoms with Gasteiger partial charge >= 0.3 is 6.03 Å². The maximum absolute atomic E-state index is 12.2. The number of methoxy groups -OCH3 is 1. The van der Waals surface area contributed by atoms with E-state index in [0.29, 0.717) is 24.5 Å². The molecule has 3 amide bonds. The van der Waals surface area contributed by atoms with Gasteiger partial charge < -0.3 is 20.3 Å². The zero-order valence-corrected chi connectivity index (χ0v) is 12.4. The van der Waals surface area contributed by atoms with Crippen molar-refractivity contribution in [2.24, 2.45) is 0 Å². The van der Waals surface area contributed by atoms with Gasteiger partial charge in [-0.05, 0) is 25.0 Å². The third-order valence-corrected chi connectivity index (χ3v) is 3.51. The van der Waals surface area contributed by atoms with Crippen LogP contribution < -0.4 is 15.4 Å². The fraction of sp³-hybridized carbons (Fsp3) is 0.467. The van der Waals surface area contributed by atoms with Gasteiger partial charge in [0.15, 0.2) is 0 Å². The molecule has 1 aliphatic rings. The van der Waals surface area contributed by atoms with Crippen molar-refractivity contribution < 1.29 is 14.3 Å². The van der Waals surface area contributed by atoms with Gasteiger partial charge in [-0.2, -0.15) is 0 Å². The summed E-state index contributed by atoms with van der Waals surface area (Å²) in [5.41, 5.74) is 0.711. The van der Waals surface area contributed by atoms with E-state index in [4.69, 9.17) is 4.74 Å². The monoisotopic (exact) mass is 291 g/mol. The Kier molecular flexibility index (Phi) is 5.03. The number of ether oxygens (including phenoxy) is 1. The van der Waals surface area contributed by atoms with Crippen LogP contribution in [0.3, 0.4) is 0 Å². The normalized spacial score (nSPS) is 15.4. The second-order valence-corrected chi connectivity index (χ2v) is 5.12. The maximum atomic E-state index is 12.2. The van der Waals surface area contributed by atoms with Crippen LogP contribution in [0.5, 0.6) is 5.75 Å². The molecule has 2 rings (SSSR count). The summed E-state index contributed by atoms with van der Waals surface area (Å²) in [4.78, 5) is 25.0. The quantitative estimate of drug-likeness (QED) is 0.892. The molecule has 6 nitrogen and oxygen atoms in total. The van der Waals surface area contributed by atoms with Crippen LogP contribution in [0.25, 0.3) is 0 Å². The summed E-state index contributed by atoms with van der Waals surface area (Å²) in [6, 6.07) is 7.31. The minimum absolute atomic E-state index is 0.0192. The summed E-state index contributed by atoms with van der Waals surface area (Å²) in [5, 5.41) is 5.75. The van der Waals surface area contributed by atoms with Gasteiger partial charge in [-0.15, -0.1) is 0 Å². The number of hydrogen-bond donors (Lipinski definition) is 2. The first kappa shape index (κ1) is 15.2. The highest BCUT2D eigenvalue weighted by atomic mass is 16.5. The van der Waals surface area contributed by atoms with Gasteiger partial charge in [0, 0.05) is 37.8 Å². The largest absolute Gasteiger partial charge is 0.497 e. The van der Waals surface area contributed by atoms with Crippen LogP contribution in [0.15, 0.2) is 24.3 Å². The van der Waals surface area contributed by atoms with Crippen LogP contribution in [0, 0.1) is 0 Å². The molecule has 1 aromatic carbocycles. The van der Waals surface area contributed by atoms with Gasteiger partial charge in [0.1, 0.15) is 5.75 Å². The number of likely N-dealkylation sites (tertiary alicyclic amines) is 1. The average Bonchev–Trinajstić information content (AvgIpc) is 2.47. The molecule has 1 aromatic rings. The third kappa shape index (κ3) is 4.37. The molecule has 1 saturated heterocycles. The van der Waals surface area contributed by atoms with Crippen LogP contribution in [-0.4, -0.2) is 43.1 Å². The Labute approximate surface area is 124 Å². The van der Waals surface area contributed by atoms with Crippen molar-refractivity contribution in [1.29, 1.82) is 0 Å². The first-order chi connectivity index (χ1) is 10.1. The molecule has 0 bridgehead atoms. The molecule has 0 aromatic heterocycles. The molecular weight excluding hydrogens is 270 g/mol. The highest BCUT2D eigenvalue weighted by molar-refractivity contribution is 5.89. The van der Waals surface area contributed by atoms with E-state index < -0.39 is 0 Å². The molecule has 0 atom stereocenters. The fourth-order valence-electron chi connectivity index (χ4n) is 2.42. The van der Waals surface area contributed by atoms with Gasteiger partial charge in [-0.25, -0.2) is 4.79 Å². The molecule has 2 N–H and O–H groups in total. The number of nitrogens with zero attached hydrogens (tertiary/aromatic N) is 1. The predicted molar refractivity (Wildman–Crippen MR) is 80.4 cm³/mol. The summed E-state index contributed by atoms with van der Waals surface area (Å²) in [6.07, 6.45) is 1.57. The zero-order valence-electron chi connectivity index (χ0n) is 12.4. The van der Waals surface area contributed by atoms with Gasteiger partial charge in [0.2, 0.25) is 5.91 Å². The van der Waals surface area contributed by atoms with E-state index >= 15 is 0 Å². The zero-order chi connectivity index (χ0) is 15.2. The highest BCUT2D eigenvalue weighted by Crippen LogP contribution is 2.18. The van der Waals surface area contributed by atoms with E-state index in [2.05, 4.69) is 10.6 Å². The maximum Gasteiger partial charge on any atom is 0.321 e. The fourth-order valence-corrected chi connectivity index (χ4v) is 2.42. The van der Waals surface area contributed by atoms with Gasteiger partial charge in [-0.1, -0.05) is 6.07 Å². The lowest BCUT2D eigenvalue weighted by Crippen LogP contribution is -2.47. The first-order valence-corrected chi connectivity index (χ1v) is 7.05. The molecular formula is C15H21N3O3. The molecule has 0 aliphatic carbocycles. The van der Waals surface area contributed by atoms with Crippen LogP contribution >= 0.6 is 0 Å². The van der Waals surface area contributed by atoms with Gasteiger partial charge in [0.05, 0.1) is 7.11 Å².